The molecule has 0 aliphatic heterocycles. The summed E-state index contributed by atoms with van der Waals surface area (Å²) < 4.78 is 29.9. The van der Waals surface area contributed by atoms with Crippen LogP contribution < -0.4 is 0 Å². The lowest BCUT2D eigenvalue weighted by Gasteiger charge is -2.05. The van der Waals surface area contributed by atoms with Gasteiger partial charge in [0.25, 0.3) is 0 Å². The Bertz CT molecular complexity index is 438. The van der Waals surface area contributed by atoms with E-state index >= 15 is 0 Å². The van der Waals surface area contributed by atoms with E-state index in [1.807, 2.05) is 0 Å². The van der Waals surface area contributed by atoms with Gasteiger partial charge in [0.1, 0.15) is 0 Å². The van der Waals surface area contributed by atoms with Gasteiger partial charge in [-0.25, -0.2) is 13.4 Å². The van der Waals surface area contributed by atoms with Crippen molar-refractivity contribution in [3.05, 3.63) is 11.9 Å². The first kappa shape index (κ1) is 13.1. The van der Waals surface area contributed by atoms with Gasteiger partial charge >= 0.3 is 0 Å². The number of ether oxygens (including phenoxy) is 1. The van der Waals surface area contributed by atoms with Crippen molar-refractivity contribution in [3.63, 3.8) is 0 Å². The van der Waals surface area contributed by atoms with Gasteiger partial charge in [-0.15, -0.1) is 0 Å². The fraction of sp³-hybridized carbons (Fsp3) is 0.667. The molecule has 0 fully saturated rings. The van der Waals surface area contributed by atoms with Crippen molar-refractivity contribution in [1.29, 1.82) is 0 Å². The fourth-order valence-corrected chi connectivity index (χ4v) is 2.77. The molecule has 0 aromatic carbocycles. The average molecular weight is 248 g/mol. The van der Waals surface area contributed by atoms with Gasteiger partial charge in [0.2, 0.25) is 15.0 Å². The summed E-state index contributed by atoms with van der Waals surface area (Å²) in [5.41, 5.74) is 0.477. The largest absolute Gasteiger partial charge is 0.390 e. The van der Waals surface area contributed by atoms with E-state index in [0.717, 1.165) is 0 Å². The quantitative estimate of drug-likeness (QED) is 0.700. The summed E-state index contributed by atoms with van der Waals surface area (Å²) in [4.78, 5) is 3.81. The number of aliphatic hydroxyl groups excluding tert-OH is 1. The molecule has 0 bridgehead atoms. The number of rotatable bonds is 6. The third kappa shape index (κ3) is 2.81. The van der Waals surface area contributed by atoms with E-state index in [9.17, 15) is 8.42 Å². The molecule has 92 valence electrons. The van der Waals surface area contributed by atoms with Crippen molar-refractivity contribution in [2.45, 2.75) is 18.2 Å². The summed E-state index contributed by atoms with van der Waals surface area (Å²) in [6.07, 6.45) is 1.79. The van der Waals surface area contributed by atoms with Gasteiger partial charge in [0.15, 0.2) is 0 Å². The average Bonchev–Trinajstić information content (AvgIpc) is 2.60. The van der Waals surface area contributed by atoms with Gasteiger partial charge in [-0.2, -0.15) is 0 Å². The Morgan fingerprint density at radius 3 is 2.75 bits per heavy atom. The zero-order chi connectivity index (χ0) is 12.2. The summed E-state index contributed by atoms with van der Waals surface area (Å²) in [5.74, 6) is -0.00341. The van der Waals surface area contributed by atoms with E-state index in [-0.39, 0.29) is 17.5 Å². The molecule has 7 heteroatoms. The Morgan fingerprint density at radius 2 is 2.25 bits per heavy atom. The number of methoxy groups -OCH3 is 1. The SMILES string of the molecule is COCCCS(=O)(=O)c1ncc(CO)n1C. The molecule has 0 saturated carbocycles. The second-order valence-electron chi connectivity index (χ2n) is 3.41. The van der Waals surface area contributed by atoms with E-state index in [0.29, 0.717) is 18.7 Å². The number of aliphatic hydroxyl groups is 1. The molecule has 6 nitrogen and oxygen atoms in total. The van der Waals surface area contributed by atoms with Gasteiger partial charge in [0, 0.05) is 20.8 Å². The van der Waals surface area contributed by atoms with Crippen LogP contribution in [0, 0.1) is 0 Å². The predicted molar refractivity (Wildman–Crippen MR) is 57.7 cm³/mol. The molecule has 0 unspecified atom stereocenters. The topological polar surface area (TPSA) is 81.4 Å². The Morgan fingerprint density at radius 1 is 1.56 bits per heavy atom. The van der Waals surface area contributed by atoms with Crippen LogP contribution in [0.15, 0.2) is 11.4 Å². The van der Waals surface area contributed by atoms with Gasteiger partial charge < -0.3 is 14.4 Å². The lowest BCUT2D eigenvalue weighted by Crippen LogP contribution is -2.14. The first-order chi connectivity index (χ1) is 7.53. The number of sulfone groups is 1. The highest BCUT2D eigenvalue weighted by Gasteiger charge is 2.20. The van der Waals surface area contributed by atoms with E-state index < -0.39 is 9.84 Å². The zero-order valence-corrected chi connectivity index (χ0v) is 10.2. The number of hydrogen-bond acceptors (Lipinski definition) is 5. The van der Waals surface area contributed by atoms with E-state index in [1.165, 1.54) is 17.9 Å². The van der Waals surface area contributed by atoms with Crippen molar-refractivity contribution in [1.82, 2.24) is 9.55 Å². The van der Waals surface area contributed by atoms with E-state index in [4.69, 9.17) is 9.84 Å². The highest BCUT2D eigenvalue weighted by molar-refractivity contribution is 7.91. The van der Waals surface area contributed by atoms with Crippen LogP contribution in [0.2, 0.25) is 0 Å². The molecule has 0 aliphatic carbocycles. The molecule has 1 N–H and O–H groups in total. The Hall–Kier alpha value is -0.920. The second kappa shape index (κ2) is 5.42. The summed E-state index contributed by atoms with van der Waals surface area (Å²) in [7, 11) is -0.295. The number of hydrogen-bond donors (Lipinski definition) is 1. The molecular formula is C9H16N2O4S. The van der Waals surface area contributed by atoms with Crippen molar-refractivity contribution < 1.29 is 18.3 Å². The molecule has 16 heavy (non-hydrogen) atoms. The molecule has 1 aromatic rings. The Balaban J connectivity index is 2.86. The van der Waals surface area contributed by atoms with Crippen LogP contribution in [0.5, 0.6) is 0 Å². The second-order valence-corrected chi connectivity index (χ2v) is 5.42. The summed E-state index contributed by atoms with van der Waals surface area (Å²) in [5, 5.41) is 8.93. The highest BCUT2D eigenvalue weighted by atomic mass is 32.2. The van der Waals surface area contributed by atoms with Crippen LogP contribution in [0.4, 0.5) is 0 Å². The third-order valence-electron chi connectivity index (χ3n) is 2.24. The monoisotopic (exact) mass is 248 g/mol. The molecule has 0 amide bonds. The van der Waals surface area contributed by atoms with Crippen LogP contribution in [-0.2, 0) is 28.2 Å². The molecule has 0 saturated heterocycles. The van der Waals surface area contributed by atoms with Crippen molar-refractivity contribution in [2.24, 2.45) is 7.05 Å². The smallest absolute Gasteiger partial charge is 0.227 e. The molecule has 0 radical (unpaired) electrons. The first-order valence-electron chi connectivity index (χ1n) is 4.86. The standard InChI is InChI=1S/C9H16N2O4S/c1-11-8(7-12)6-10-9(11)16(13,14)5-3-4-15-2/h6,12H,3-5,7H2,1-2H3. The molecule has 1 aromatic heterocycles. The summed E-state index contributed by atoms with van der Waals surface area (Å²) >= 11 is 0. The maximum atomic E-state index is 11.8. The van der Waals surface area contributed by atoms with E-state index in [1.54, 1.807) is 7.05 Å². The Kier molecular flexibility index (Phi) is 4.45. The number of imidazole rings is 1. The zero-order valence-electron chi connectivity index (χ0n) is 9.38. The van der Waals surface area contributed by atoms with Crippen molar-refractivity contribution in [3.8, 4) is 0 Å². The van der Waals surface area contributed by atoms with Crippen molar-refractivity contribution in [2.75, 3.05) is 19.5 Å². The van der Waals surface area contributed by atoms with Gasteiger partial charge in [-0.05, 0) is 6.42 Å². The van der Waals surface area contributed by atoms with Crippen LogP contribution in [0.1, 0.15) is 12.1 Å². The van der Waals surface area contributed by atoms with Gasteiger partial charge in [0.05, 0.1) is 24.3 Å². The molecule has 1 heterocycles. The summed E-state index contributed by atoms with van der Waals surface area (Å²) in [6, 6.07) is 0. The van der Waals surface area contributed by atoms with Gasteiger partial charge in [-0.3, -0.25) is 0 Å². The predicted octanol–water partition coefficient (Wildman–Crippen LogP) is -0.277. The van der Waals surface area contributed by atoms with Crippen molar-refractivity contribution >= 4 is 9.84 Å². The van der Waals surface area contributed by atoms with Gasteiger partial charge in [-0.1, -0.05) is 0 Å². The molecule has 0 aliphatic rings. The molecule has 0 atom stereocenters. The third-order valence-corrected chi connectivity index (χ3v) is 4.01. The lowest BCUT2D eigenvalue weighted by molar-refractivity contribution is 0.199. The maximum absolute atomic E-state index is 11.8. The Labute approximate surface area is 94.8 Å². The minimum atomic E-state index is -3.39. The first-order valence-corrected chi connectivity index (χ1v) is 6.51. The molecule has 0 spiro atoms. The van der Waals surface area contributed by atoms with Crippen LogP contribution in [0.25, 0.3) is 0 Å². The molecular weight excluding hydrogens is 232 g/mol. The van der Waals surface area contributed by atoms with Crippen LogP contribution in [0.3, 0.4) is 0 Å². The minimum absolute atomic E-state index is 0.00341. The maximum Gasteiger partial charge on any atom is 0.227 e. The number of nitrogens with zero attached hydrogens (tertiary/aromatic N) is 2. The number of aromatic nitrogens is 2. The fourth-order valence-electron chi connectivity index (χ4n) is 1.35. The van der Waals surface area contributed by atoms with Crippen LogP contribution in [-0.4, -0.2) is 42.5 Å². The van der Waals surface area contributed by atoms with Crippen LogP contribution >= 0.6 is 0 Å². The summed E-state index contributed by atoms with van der Waals surface area (Å²) in [6.45, 7) is 0.174. The highest BCUT2D eigenvalue weighted by Crippen LogP contribution is 2.12. The minimum Gasteiger partial charge on any atom is -0.390 e. The van der Waals surface area contributed by atoms with E-state index in [2.05, 4.69) is 4.98 Å². The molecule has 1 rings (SSSR count). The normalized spacial score (nSPS) is 11.9. The lowest BCUT2D eigenvalue weighted by atomic mass is 10.5.